The van der Waals surface area contributed by atoms with Crippen molar-refractivity contribution in [2.75, 3.05) is 44.9 Å². The van der Waals surface area contributed by atoms with Gasteiger partial charge in [0, 0.05) is 35.8 Å². The molecule has 5 rings (SSSR count). The first-order chi connectivity index (χ1) is 17.3. The van der Waals surface area contributed by atoms with Gasteiger partial charge in [0.1, 0.15) is 0 Å². The highest BCUT2D eigenvalue weighted by molar-refractivity contribution is 9.10. The average molecular weight is 556 g/mol. The maximum absolute atomic E-state index is 11.9. The second-order valence-electron chi connectivity index (χ2n) is 11.2. The molecule has 1 aliphatic carbocycles. The highest BCUT2D eigenvalue weighted by atomic mass is 79.9. The van der Waals surface area contributed by atoms with Crippen LogP contribution in [0, 0.1) is 11.3 Å². The molecule has 2 aromatic carbocycles. The van der Waals surface area contributed by atoms with Crippen molar-refractivity contribution >= 4 is 27.6 Å². The minimum Gasteiger partial charge on any atom is -0.465 e. The number of hydrogen-bond donors (Lipinski definition) is 0. The lowest BCUT2D eigenvalue weighted by Crippen LogP contribution is -2.63. The number of hydrogen-bond acceptors (Lipinski definition) is 5. The molecule has 2 unspecified atom stereocenters. The second-order valence-corrected chi connectivity index (χ2v) is 12.0. The molecule has 2 saturated heterocycles. The Labute approximate surface area is 224 Å². The van der Waals surface area contributed by atoms with E-state index in [1.54, 1.807) is 0 Å². The lowest BCUT2D eigenvalue weighted by Gasteiger charge is -2.62. The third-order valence-electron chi connectivity index (χ3n) is 9.21. The van der Waals surface area contributed by atoms with Crippen LogP contribution in [-0.4, -0.2) is 56.9 Å². The fourth-order valence-electron chi connectivity index (χ4n) is 6.90. The van der Waals surface area contributed by atoms with E-state index in [2.05, 4.69) is 76.8 Å². The molecule has 194 valence electrons. The van der Waals surface area contributed by atoms with E-state index >= 15 is 0 Å². The number of halogens is 1. The number of anilines is 1. The van der Waals surface area contributed by atoms with Gasteiger partial charge in [0.15, 0.2) is 0 Å². The lowest BCUT2D eigenvalue weighted by molar-refractivity contribution is -0.130. The number of morpholine rings is 1. The van der Waals surface area contributed by atoms with Crippen molar-refractivity contribution in [3.8, 4) is 0 Å². The summed E-state index contributed by atoms with van der Waals surface area (Å²) in [7, 11) is 1.42. The summed E-state index contributed by atoms with van der Waals surface area (Å²) in [4.78, 5) is 17.2. The Kier molecular flexibility index (Phi) is 7.49. The van der Waals surface area contributed by atoms with Gasteiger partial charge in [0.2, 0.25) is 0 Å². The number of piperidine rings is 1. The number of rotatable bonds is 5. The monoisotopic (exact) mass is 554 g/mol. The predicted octanol–water partition coefficient (Wildman–Crippen LogP) is 6.43. The zero-order valence-electron chi connectivity index (χ0n) is 22.0. The molecule has 36 heavy (non-hydrogen) atoms. The minimum absolute atomic E-state index is 0.308. The minimum atomic E-state index is -0.308. The summed E-state index contributed by atoms with van der Waals surface area (Å²) in [5.41, 5.74) is 5.09. The van der Waals surface area contributed by atoms with Crippen LogP contribution in [-0.2, 0) is 9.47 Å². The molecule has 2 heterocycles. The first-order valence-corrected chi connectivity index (χ1v) is 14.2. The van der Waals surface area contributed by atoms with E-state index in [9.17, 15) is 4.79 Å². The quantitative estimate of drug-likeness (QED) is 0.398. The van der Waals surface area contributed by atoms with E-state index in [1.807, 2.05) is 12.1 Å². The van der Waals surface area contributed by atoms with Gasteiger partial charge in [0.05, 0.1) is 31.9 Å². The van der Waals surface area contributed by atoms with Gasteiger partial charge in [-0.2, -0.15) is 0 Å². The first-order valence-electron chi connectivity index (χ1n) is 13.4. The molecule has 6 heteroatoms. The van der Waals surface area contributed by atoms with E-state index in [4.69, 9.17) is 9.47 Å². The highest BCUT2D eigenvalue weighted by Crippen LogP contribution is 2.57. The summed E-state index contributed by atoms with van der Waals surface area (Å²) in [6.07, 6.45) is 3.73. The maximum Gasteiger partial charge on any atom is 0.339 e. The number of benzene rings is 2. The molecule has 0 aromatic heterocycles. The summed E-state index contributed by atoms with van der Waals surface area (Å²) < 4.78 is 11.7. The average Bonchev–Trinajstić information content (AvgIpc) is 2.91. The van der Waals surface area contributed by atoms with Crippen molar-refractivity contribution in [3.63, 3.8) is 0 Å². The number of carbonyl (C=O) groups is 1. The van der Waals surface area contributed by atoms with Gasteiger partial charge >= 0.3 is 5.97 Å². The molecule has 1 spiro atoms. The summed E-state index contributed by atoms with van der Waals surface area (Å²) in [5, 5.41) is 0. The zero-order valence-corrected chi connectivity index (χ0v) is 23.6. The Morgan fingerprint density at radius 3 is 2.56 bits per heavy atom. The standard InChI is InChI=1S/C30H39BrN2O3/c1-20(2)23-7-5-6-8-24(23)28-19-36-16-15-33(28)27-18-30(21(27)3)11-13-32(14-12-30)22-9-10-25(26(31)17-22)29(34)35-4/h5-10,17,20-21,27-28H,11-16,18-19H2,1-4H3/t21?,27?,28-/m0/s1. The number of carbonyl (C=O) groups excluding carboxylic acids is 1. The molecule has 2 aliphatic heterocycles. The van der Waals surface area contributed by atoms with Crippen LogP contribution >= 0.6 is 15.9 Å². The van der Waals surface area contributed by atoms with Crippen LogP contribution in [0.3, 0.4) is 0 Å². The lowest BCUT2D eigenvalue weighted by atomic mass is 9.53. The van der Waals surface area contributed by atoms with Crippen molar-refractivity contribution in [2.24, 2.45) is 11.3 Å². The van der Waals surface area contributed by atoms with Crippen molar-refractivity contribution in [1.82, 2.24) is 4.90 Å². The van der Waals surface area contributed by atoms with Crippen LogP contribution in [0.5, 0.6) is 0 Å². The smallest absolute Gasteiger partial charge is 0.339 e. The van der Waals surface area contributed by atoms with Crippen LogP contribution < -0.4 is 4.90 Å². The van der Waals surface area contributed by atoms with Crippen molar-refractivity contribution in [2.45, 2.75) is 58.0 Å². The van der Waals surface area contributed by atoms with Gasteiger partial charge < -0.3 is 14.4 Å². The van der Waals surface area contributed by atoms with Crippen LogP contribution in [0.25, 0.3) is 0 Å². The number of nitrogens with zero attached hydrogens (tertiary/aromatic N) is 2. The largest absolute Gasteiger partial charge is 0.465 e. The van der Waals surface area contributed by atoms with Crippen molar-refractivity contribution in [3.05, 3.63) is 63.6 Å². The maximum atomic E-state index is 11.9. The number of methoxy groups -OCH3 is 1. The Balaban J connectivity index is 1.26. The molecule has 3 atom stereocenters. The Bertz CT molecular complexity index is 1100. The predicted molar refractivity (Wildman–Crippen MR) is 148 cm³/mol. The molecule has 2 aromatic rings. The van der Waals surface area contributed by atoms with Gasteiger partial charge in [-0.3, -0.25) is 4.90 Å². The van der Waals surface area contributed by atoms with Crippen LogP contribution in [0.1, 0.15) is 73.5 Å². The number of esters is 1. The van der Waals surface area contributed by atoms with E-state index < -0.39 is 0 Å². The molecule has 0 radical (unpaired) electrons. The molecule has 3 fully saturated rings. The molecular formula is C30H39BrN2O3. The molecular weight excluding hydrogens is 516 g/mol. The first kappa shape index (κ1) is 25.7. The van der Waals surface area contributed by atoms with Gasteiger partial charge in [-0.15, -0.1) is 0 Å². The highest BCUT2D eigenvalue weighted by Gasteiger charge is 2.55. The third kappa shape index (κ3) is 4.61. The summed E-state index contributed by atoms with van der Waals surface area (Å²) in [5.74, 6) is 0.888. The van der Waals surface area contributed by atoms with Crippen molar-refractivity contribution in [1.29, 1.82) is 0 Å². The molecule has 3 aliphatic rings. The van der Waals surface area contributed by atoms with Gasteiger partial charge in [-0.05, 0) is 81.8 Å². The van der Waals surface area contributed by atoms with Gasteiger partial charge in [-0.1, -0.05) is 45.0 Å². The third-order valence-corrected chi connectivity index (χ3v) is 9.87. The van der Waals surface area contributed by atoms with Crippen molar-refractivity contribution < 1.29 is 14.3 Å². The topological polar surface area (TPSA) is 42.0 Å². The fraction of sp³-hybridized carbons (Fsp3) is 0.567. The molecule has 1 saturated carbocycles. The second kappa shape index (κ2) is 10.5. The Hall–Kier alpha value is -1.89. The summed E-state index contributed by atoms with van der Waals surface area (Å²) in [6, 6.07) is 15.9. The van der Waals surface area contributed by atoms with Gasteiger partial charge in [0.25, 0.3) is 0 Å². The van der Waals surface area contributed by atoms with E-state index in [0.717, 1.165) is 37.3 Å². The Morgan fingerprint density at radius 1 is 1.14 bits per heavy atom. The normalized spacial score (nSPS) is 26.2. The fourth-order valence-corrected chi connectivity index (χ4v) is 7.43. The van der Waals surface area contributed by atoms with Gasteiger partial charge in [-0.25, -0.2) is 4.79 Å². The van der Waals surface area contributed by atoms with Crippen LogP contribution in [0.2, 0.25) is 0 Å². The molecule has 0 N–H and O–H groups in total. The van der Waals surface area contributed by atoms with E-state index in [-0.39, 0.29) is 5.97 Å². The zero-order chi connectivity index (χ0) is 25.4. The van der Waals surface area contributed by atoms with Crippen LogP contribution in [0.4, 0.5) is 5.69 Å². The van der Waals surface area contributed by atoms with Crippen LogP contribution in [0.15, 0.2) is 46.9 Å². The SMILES string of the molecule is COC(=O)c1ccc(N2CCC3(CC2)CC(N2CCOC[C@H]2c2ccccc2C(C)C)C3C)cc1Br. The number of ether oxygens (including phenoxy) is 2. The summed E-state index contributed by atoms with van der Waals surface area (Å²) in [6.45, 7) is 11.9. The molecule has 0 amide bonds. The van der Waals surface area contributed by atoms with E-state index in [1.165, 1.54) is 43.2 Å². The van der Waals surface area contributed by atoms with E-state index in [0.29, 0.717) is 34.9 Å². The molecule has 5 nitrogen and oxygen atoms in total. The summed E-state index contributed by atoms with van der Waals surface area (Å²) >= 11 is 3.56. The molecule has 0 bridgehead atoms. The Morgan fingerprint density at radius 2 is 1.89 bits per heavy atom.